The first-order chi connectivity index (χ1) is 11.6. The number of fused-ring (bicyclic) bond motifs is 3. The number of H-pyrrole nitrogens is 1. The van der Waals surface area contributed by atoms with Crippen LogP contribution in [-0.2, 0) is 4.74 Å². The Morgan fingerprint density at radius 2 is 2.33 bits per heavy atom. The molecule has 5 nitrogen and oxygen atoms in total. The molecule has 0 radical (unpaired) electrons. The molecule has 1 aromatic carbocycles. The van der Waals surface area contributed by atoms with Gasteiger partial charge < -0.3 is 19.4 Å². The van der Waals surface area contributed by atoms with Crippen molar-refractivity contribution in [2.45, 2.75) is 13.0 Å². The van der Waals surface area contributed by atoms with Gasteiger partial charge in [0.1, 0.15) is 24.1 Å². The molecule has 1 saturated heterocycles. The van der Waals surface area contributed by atoms with Crippen LogP contribution < -0.4 is 4.74 Å². The molecule has 6 heteroatoms. The largest absolute Gasteiger partial charge is 0.489 e. The van der Waals surface area contributed by atoms with Crippen LogP contribution in [0.1, 0.15) is 5.56 Å². The Hall–Kier alpha value is -1.82. The summed E-state index contributed by atoms with van der Waals surface area (Å²) in [6.45, 7) is 5.13. The molecule has 0 spiro atoms. The van der Waals surface area contributed by atoms with Gasteiger partial charge >= 0.3 is 0 Å². The summed E-state index contributed by atoms with van der Waals surface area (Å²) in [7, 11) is 2.10. The van der Waals surface area contributed by atoms with Crippen LogP contribution in [0.3, 0.4) is 0 Å². The Bertz CT molecular complexity index is 893. The van der Waals surface area contributed by atoms with E-state index in [0.717, 1.165) is 52.9 Å². The van der Waals surface area contributed by atoms with Crippen LogP contribution in [0.5, 0.6) is 5.75 Å². The normalized spacial score (nSPS) is 19.2. The van der Waals surface area contributed by atoms with Gasteiger partial charge in [0.15, 0.2) is 0 Å². The third-order valence-corrected chi connectivity index (χ3v) is 4.73. The van der Waals surface area contributed by atoms with Crippen molar-refractivity contribution in [2.24, 2.45) is 0 Å². The molecule has 1 unspecified atom stereocenters. The van der Waals surface area contributed by atoms with Crippen LogP contribution in [-0.4, -0.2) is 54.3 Å². The van der Waals surface area contributed by atoms with Crippen molar-refractivity contribution >= 4 is 33.5 Å². The molecular formula is C18H20ClN3O2. The summed E-state index contributed by atoms with van der Waals surface area (Å²) in [4.78, 5) is 10.1. The van der Waals surface area contributed by atoms with E-state index in [1.807, 2.05) is 25.3 Å². The van der Waals surface area contributed by atoms with E-state index in [9.17, 15) is 0 Å². The second kappa shape index (κ2) is 6.24. The molecule has 1 fully saturated rings. The van der Waals surface area contributed by atoms with Crippen molar-refractivity contribution in [3.63, 3.8) is 0 Å². The summed E-state index contributed by atoms with van der Waals surface area (Å²) in [5, 5.41) is 2.68. The molecule has 4 rings (SSSR count). The predicted molar refractivity (Wildman–Crippen MR) is 96.1 cm³/mol. The number of aryl methyl sites for hydroxylation is 1. The highest BCUT2D eigenvalue weighted by Gasteiger charge is 2.20. The van der Waals surface area contributed by atoms with Crippen LogP contribution in [0.4, 0.5) is 0 Å². The quantitative estimate of drug-likeness (QED) is 0.790. The minimum absolute atomic E-state index is 0.0826. The number of nitrogens with one attached hydrogen (secondary N) is 1. The van der Waals surface area contributed by atoms with Crippen molar-refractivity contribution in [3.05, 3.63) is 35.0 Å². The number of aromatic amines is 1. The molecular weight excluding hydrogens is 326 g/mol. The molecule has 2 aromatic heterocycles. The van der Waals surface area contributed by atoms with Crippen LogP contribution >= 0.6 is 11.6 Å². The molecule has 1 aliphatic heterocycles. The first-order valence-corrected chi connectivity index (χ1v) is 8.49. The molecule has 24 heavy (non-hydrogen) atoms. The molecule has 3 aromatic rings. The van der Waals surface area contributed by atoms with Gasteiger partial charge in [0.2, 0.25) is 0 Å². The summed E-state index contributed by atoms with van der Waals surface area (Å²) >= 11 is 6.43. The summed E-state index contributed by atoms with van der Waals surface area (Å²) in [6, 6.07) is 5.87. The molecule has 0 saturated carbocycles. The third-order valence-electron chi connectivity index (χ3n) is 4.42. The second-order valence-corrected chi connectivity index (χ2v) is 6.80. The van der Waals surface area contributed by atoms with E-state index in [2.05, 4.69) is 28.0 Å². The standard InChI is InChI=1S/C18H20ClN3O2/c1-11-7-13-16-14(19)3-4-15(17(16)21-18(13)20-8-11)24-10-12-9-22(2)5-6-23-12/h3-4,7-8,12H,5-6,9-10H2,1-2H3,(H,20,21). The Balaban J connectivity index is 1.68. The zero-order chi connectivity index (χ0) is 16.7. The molecule has 0 amide bonds. The highest BCUT2D eigenvalue weighted by Crippen LogP contribution is 2.36. The summed E-state index contributed by atoms with van der Waals surface area (Å²) in [6.07, 6.45) is 1.93. The van der Waals surface area contributed by atoms with Crippen molar-refractivity contribution < 1.29 is 9.47 Å². The van der Waals surface area contributed by atoms with Crippen LogP contribution in [0, 0.1) is 6.92 Å². The average molecular weight is 346 g/mol. The van der Waals surface area contributed by atoms with Gasteiger partial charge in [-0.1, -0.05) is 11.6 Å². The minimum atomic E-state index is 0.0826. The van der Waals surface area contributed by atoms with Gasteiger partial charge in [0.05, 0.1) is 17.1 Å². The van der Waals surface area contributed by atoms with E-state index >= 15 is 0 Å². The van der Waals surface area contributed by atoms with E-state index in [4.69, 9.17) is 21.1 Å². The zero-order valence-corrected chi connectivity index (χ0v) is 14.6. The number of likely N-dealkylation sites (N-methyl/N-ethyl adjacent to an activating group) is 1. The number of halogens is 1. The fourth-order valence-corrected chi connectivity index (χ4v) is 3.45. The maximum atomic E-state index is 6.43. The molecule has 0 aliphatic carbocycles. The summed E-state index contributed by atoms with van der Waals surface area (Å²) < 4.78 is 11.8. The summed E-state index contributed by atoms with van der Waals surface area (Å²) in [5.41, 5.74) is 2.81. The van der Waals surface area contributed by atoms with E-state index in [1.165, 1.54) is 0 Å². The van der Waals surface area contributed by atoms with Gasteiger partial charge in [-0.25, -0.2) is 4.98 Å². The van der Waals surface area contributed by atoms with Crippen LogP contribution in [0.2, 0.25) is 5.02 Å². The predicted octanol–water partition coefficient (Wildman–Crippen LogP) is 3.39. The Morgan fingerprint density at radius 3 is 3.17 bits per heavy atom. The zero-order valence-electron chi connectivity index (χ0n) is 13.8. The van der Waals surface area contributed by atoms with Gasteiger partial charge in [0.25, 0.3) is 0 Å². The number of aromatic nitrogens is 2. The van der Waals surface area contributed by atoms with Gasteiger partial charge in [-0.15, -0.1) is 0 Å². The van der Waals surface area contributed by atoms with Crippen LogP contribution in [0.15, 0.2) is 24.4 Å². The van der Waals surface area contributed by atoms with Crippen molar-refractivity contribution in [3.8, 4) is 5.75 Å². The monoisotopic (exact) mass is 345 g/mol. The lowest BCUT2D eigenvalue weighted by molar-refractivity contribution is -0.0401. The third kappa shape index (κ3) is 2.83. The van der Waals surface area contributed by atoms with Gasteiger partial charge in [-0.2, -0.15) is 0 Å². The molecule has 1 atom stereocenters. The lowest BCUT2D eigenvalue weighted by Gasteiger charge is -2.29. The maximum Gasteiger partial charge on any atom is 0.143 e. The van der Waals surface area contributed by atoms with Crippen molar-refractivity contribution in [2.75, 3.05) is 33.4 Å². The molecule has 0 bridgehead atoms. The molecule has 3 heterocycles. The van der Waals surface area contributed by atoms with Crippen LogP contribution in [0.25, 0.3) is 21.9 Å². The van der Waals surface area contributed by atoms with E-state index < -0.39 is 0 Å². The van der Waals surface area contributed by atoms with Gasteiger partial charge in [0, 0.05) is 30.1 Å². The van der Waals surface area contributed by atoms with Crippen molar-refractivity contribution in [1.82, 2.24) is 14.9 Å². The number of rotatable bonds is 3. The lowest BCUT2D eigenvalue weighted by Crippen LogP contribution is -2.42. The van der Waals surface area contributed by atoms with Crippen molar-refractivity contribution in [1.29, 1.82) is 0 Å². The van der Waals surface area contributed by atoms with E-state index in [1.54, 1.807) is 0 Å². The highest BCUT2D eigenvalue weighted by molar-refractivity contribution is 6.38. The first kappa shape index (κ1) is 15.7. The minimum Gasteiger partial charge on any atom is -0.489 e. The Morgan fingerprint density at radius 1 is 1.46 bits per heavy atom. The number of benzene rings is 1. The topological polar surface area (TPSA) is 50.4 Å². The number of pyridine rings is 1. The number of nitrogens with zero attached hydrogens (tertiary/aromatic N) is 2. The molecule has 1 aliphatic rings. The highest BCUT2D eigenvalue weighted by atomic mass is 35.5. The van der Waals surface area contributed by atoms with Gasteiger partial charge in [-0.3, -0.25) is 0 Å². The second-order valence-electron chi connectivity index (χ2n) is 6.40. The Labute approximate surface area is 145 Å². The fraction of sp³-hybridized carbons (Fsp3) is 0.389. The first-order valence-electron chi connectivity index (χ1n) is 8.11. The molecule has 126 valence electrons. The SMILES string of the molecule is Cc1cnc2[nH]c3c(OCC4CN(C)CCO4)ccc(Cl)c3c2c1. The van der Waals surface area contributed by atoms with E-state index in [-0.39, 0.29) is 6.10 Å². The van der Waals surface area contributed by atoms with Gasteiger partial charge in [-0.05, 0) is 37.7 Å². The number of morpholine rings is 1. The number of hydrogen-bond donors (Lipinski definition) is 1. The average Bonchev–Trinajstić information content (AvgIpc) is 2.94. The molecule has 1 N–H and O–H groups in total. The summed E-state index contributed by atoms with van der Waals surface area (Å²) in [5.74, 6) is 0.780. The number of hydrogen-bond acceptors (Lipinski definition) is 4. The Kier molecular flexibility index (Phi) is 4.08. The maximum absolute atomic E-state index is 6.43. The number of ether oxygens (including phenoxy) is 2. The fourth-order valence-electron chi connectivity index (χ4n) is 3.19. The van der Waals surface area contributed by atoms with E-state index in [0.29, 0.717) is 11.6 Å². The smallest absolute Gasteiger partial charge is 0.143 e. The lowest BCUT2D eigenvalue weighted by atomic mass is 10.1.